The fourth-order valence-corrected chi connectivity index (χ4v) is 3.24. The van der Waals surface area contributed by atoms with Crippen molar-refractivity contribution in [3.63, 3.8) is 0 Å². The van der Waals surface area contributed by atoms with Crippen molar-refractivity contribution in [3.8, 4) is 5.13 Å². The summed E-state index contributed by atoms with van der Waals surface area (Å²) >= 11 is 1.50. The molecule has 1 amide bonds. The molecule has 0 saturated carbocycles. The molecular formula is C17H17FN4OS. The molecule has 3 rings (SSSR count). The van der Waals surface area contributed by atoms with Gasteiger partial charge in [-0.05, 0) is 32.0 Å². The van der Waals surface area contributed by atoms with Crippen molar-refractivity contribution in [1.29, 1.82) is 0 Å². The predicted molar refractivity (Wildman–Crippen MR) is 91.1 cm³/mol. The van der Waals surface area contributed by atoms with E-state index in [0.717, 1.165) is 22.2 Å². The van der Waals surface area contributed by atoms with Crippen molar-refractivity contribution in [2.75, 3.05) is 6.54 Å². The first kappa shape index (κ1) is 16.3. The zero-order chi connectivity index (χ0) is 17.1. The Morgan fingerprint density at radius 1 is 1.33 bits per heavy atom. The molecule has 0 saturated heterocycles. The topological polar surface area (TPSA) is 59.8 Å². The number of carbonyl (C=O) groups is 1. The second-order valence-corrected chi connectivity index (χ2v) is 6.28. The molecule has 0 fully saturated rings. The van der Waals surface area contributed by atoms with Crippen molar-refractivity contribution >= 4 is 17.2 Å². The van der Waals surface area contributed by atoms with Gasteiger partial charge in [-0.2, -0.15) is 5.10 Å². The van der Waals surface area contributed by atoms with Gasteiger partial charge in [-0.3, -0.25) is 4.79 Å². The van der Waals surface area contributed by atoms with E-state index in [0.29, 0.717) is 13.0 Å². The van der Waals surface area contributed by atoms with Crippen LogP contribution in [-0.2, 0) is 6.42 Å². The van der Waals surface area contributed by atoms with Gasteiger partial charge in [0.25, 0.3) is 5.91 Å². The maximum absolute atomic E-state index is 13.5. The van der Waals surface area contributed by atoms with E-state index < -0.39 is 11.7 Å². The van der Waals surface area contributed by atoms with Crippen LogP contribution in [0.4, 0.5) is 4.39 Å². The molecule has 0 aliphatic heterocycles. The van der Waals surface area contributed by atoms with E-state index in [9.17, 15) is 9.18 Å². The largest absolute Gasteiger partial charge is 0.352 e. The Morgan fingerprint density at radius 2 is 2.12 bits per heavy atom. The molecule has 0 radical (unpaired) electrons. The van der Waals surface area contributed by atoms with Crippen molar-refractivity contribution in [3.05, 3.63) is 64.2 Å². The summed E-state index contributed by atoms with van der Waals surface area (Å²) in [6.07, 6.45) is 0.579. The number of nitrogens with zero attached hydrogens (tertiary/aromatic N) is 3. The summed E-state index contributed by atoms with van der Waals surface area (Å²) in [4.78, 5) is 16.5. The zero-order valence-corrected chi connectivity index (χ0v) is 14.2. The number of hydrogen-bond donors (Lipinski definition) is 1. The van der Waals surface area contributed by atoms with E-state index in [1.807, 2.05) is 25.3 Å². The SMILES string of the molecule is Cc1cc(C)n(-c2nc(CCNC(=O)c3ccccc3F)cs2)n1. The lowest BCUT2D eigenvalue weighted by Crippen LogP contribution is -2.26. The smallest absolute Gasteiger partial charge is 0.254 e. The minimum atomic E-state index is -0.518. The molecule has 3 aromatic rings. The average Bonchev–Trinajstić information content (AvgIpc) is 3.13. The summed E-state index contributed by atoms with van der Waals surface area (Å²) < 4.78 is 15.3. The van der Waals surface area contributed by atoms with Gasteiger partial charge >= 0.3 is 0 Å². The first-order valence-corrected chi connectivity index (χ1v) is 8.43. The van der Waals surface area contributed by atoms with Crippen LogP contribution in [0.25, 0.3) is 5.13 Å². The van der Waals surface area contributed by atoms with E-state index >= 15 is 0 Å². The molecule has 0 aliphatic rings. The highest BCUT2D eigenvalue weighted by Crippen LogP contribution is 2.17. The number of aryl methyl sites for hydroxylation is 2. The third-order valence-electron chi connectivity index (χ3n) is 3.52. The molecule has 24 heavy (non-hydrogen) atoms. The molecule has 1 N–H and O–H groups in total. The molecule has 0 bridgehead atoms. The molecule has 2 aromatic heterocycles. The summed E-state index contributed by atoms with van der Waals surface area (Å²) in [6.45, 7) is 4.32. The van der Waals surface area contributed by atoms with Gasteiger partial charge in [-0.1, -0.05) is 12.1 Å². The number of halogens is 1. The van der Waals surface area contributed by atoms with Crippen LogP contribution in [0.5, 0.6) is 0 Å². The van der Waals surface area contributed by atoms with Crippen molar-refractivity contribution in [2.24, 2.45) is 0 Å². The average molecular weight is 344 g/mol. The molecule has 0 aliphatic carbocycles. The van der Waals surface area contributed by atoms with Gasteiger partial charge in [-0.25, -0.2) is 14.1 Å². The fourth-order valence-electron chi connectivity index (χ4n) is 2.38. The fraction of sp³-hybridized carbons (Fsp3) is 0.235. The second kappa shape index (κ2) is 6.92. The summed E-state index contributed by atoms with van der Waals surface area (Å²) in [7, 11) is 0. The van der Waals surface area contributed by atoms with Crippen molar-refractivity contribution in [1.82, 2.24) is 20.1 Å². The van der Waals surface area contributed by atoms with Gasteiger partial charge in [0.15, 0.2) is 0 Å². The molecular weight excluding hydrogens is 327 g/mol. The Labute approximate surface area is 143 Å². The number of amides is 1. The first-order chi connectivity index (χ1) is 11.5. The lowest BCUT2D eigenvalue weighted by atomic mass is 10.2. The highest BCUT2D eigenvalue weighted by Gasteiger charge is 2.11. The van der Waals surface area contributed by atoms with Gasteiger partial charge in [-0.15, -0.1) is 11.3 Å². The Bertz CT molecular complexity index is 871. The molecule has 1 aromatic carbocycles. The van der Waals surface area contributed by atoms with E-state index in [4.69, 9.17) is 0 Å². The van der Waals surface area contributed by atoms with Gasteiger partial charge in [0, 0.05) is 24.0 Å². The molecule has 2 heterocycles. The minimum Gasteiger partial charge on any atom is -0.352 e. The van der Waals surface area contributed by atoms with Crippen LogP contribution in [0.2, 0.25) is 0 Å². The second-order valence-electron chi connectivity index (χ2n) is 5.45. The van der Waals surface area contributed by atoms with Crippen LogP contribution in [0.15, 0.2) is 35.7 Å². The Morgan fingerprint density at radius 3 is 2.83 bits per heavy atom. The quantitative estimate of drug-likeness (QED) is 0.774. The molecule has 5 nitrogen and oxygen atoms in total. The molecule has 124 valence electrons. The van der Waals surface area contributed by atoms with Crippen LogP contribution in [0, 0.1) is 19.7 Å². The van der Waals surface area contributed by atoms with Crippen molar-refractivity contribution in [2.45, 2.75) is 20.3 Å². The molecule has 0 spiro atoms. The Balaban J connectivity index is 1.59. The van der Waals surface area contributed by atoms with E-state index in [1.165, 1.54) is 23.5 Å². The number of nitrogens with one attached hydrogen (secondary N) is 1. The summed E-state index contributed by atoms with van der Waals surface area (Å²) in [5.74, 6) is -0.933. The maximum Gasteiger partial charge on any atom is 0.254 e. The number of hydrogen-bond acceptors (Lipinski definition) is 4. The number of carbonyl (C=O) groups excluding carboxylic acids is 1. The van der Waals surface area contributed by atoms with Crippen LogP contribution in [-0.4, -0.2) is 27.2 Å². The summed E-state index contributed by atoms with van der Waals surface area (Å²) in [5, 5.41) is 9.87. The van der Waals surface area contributed by atoms with Crippen LogP contribution in [0.3, 0.4) is 0 Å². The van der Waals surface area contributed by atoms with Crippen LogP contribution < -0.4 is 5.32 Å². The number of aromatic nitrogens is 3. The first-order valence-electron chi connectivity index (χ1n) is 7.55. The zero-order valence-electron chi connectivity index (χ0n) is 13.4. The third-order valence-corrected chi connectivity index (χ3v) is 4.38. The maximum atomic E-state index is 13.5. The van der Waals surface area contributed by atoms with E-state index in [-0.39, 0.29) is 5.56 Å². The minimum absolute atomic E-state index is 0.0547. The highest BCUT2D eigenvalue weighted by molar-refractivity contribution is 7.12. The normalized spacial score (nSPS) is 10.8. The van der Waals surface area contributed by atoms with Crippen molar-refractivity contribution < 1.29 is 9.18 Å². The van der Waals surface area contributed by atoms with Crippen LogP contribution >= 0.6 is 11.3 Å². The number of thiazole rings is 1. The van der Waals surface area contributed by atoms with E-state index in [2.05, 4.69) is 15.4 Å². The Hall–Kier alpha value is -2.54. The lowest BCUT2D eigenvalue weighted by Gasteiger charge is -2.04. The summed E-state index contributed by atoms with van der Waals surface area (Å²) in [6, 6.07) is 7.93. The standard InChI is InChI=1S/C17H17FN4OS/c1-11-9-12(2)22(21-11)17-20-13(10-24-17)7-8-19-16(23)14-5-3-4-6-15(14)18/h3-6,9-10H,7-8H2,1-2H3,(H,19,23). The summed E-state index contributed by atoms with van der Waals surface area (Å²) in [5.41, 5.74) is 2.90. The van der Waals surface area contributed by atoms with Gasteiger partial charge in [0.1, 0.15) is 5.82 Å². The molecule has 7 heteroatoms. The molecule has 0 atom stereocenters. The van der Waals surface area contributed by atoms with Gasteiger partial charge in [0.2, 0.25) is 5.13 Å². The molecule has 0 unspecified atom stereocenters. The Kier molecular flexibility index (Phi) is 4.71. The highest BCUT2D eigenvalue weighted by atomic mass is 32.1. The monoisotopic (exact) mass is 344 g/mol. The van der Waals surface area contributed by atoms with Crippen LogP contribution in [0.1, 0.15) is 27.4 Å². The van der Waals surface area contributed by atoms with Gasteiger partial charge < -0.3 is 5.32 Å². The number of rotatable bonds is 5. The third kappa shape index (κ3) is 3.51. The van der Waals surface area contributed by atoms with Gasteiger partial charge in [0.05, 0.1) is 17.0 Å². The van der Waals surface area contributed by atoms with E-state index in [1.54, 1.807) is 16.8 Å². The lowest BCUT2D eigenvalue weighted by molar-refractivity contribution is 0.0950. The predicted octanol–water partition coefficient (Wildman–Crippen LogP) is 3.06. The number of benzene rings is 1.